The second kappa shape index (κ2) is 7.25. The zero-order valence-electron chi connectivity index (χ0n) is 14.1. The number of carbonyl (C=O) groups excluding carboxylic acids is 1. The van der Waals surface area contributed by atoms with Gasteiger partial charge >= 0.3 is 6.09 Å². The summed E-state index contributed by atoms with van der Waals surface area (Å²) in [5, 5.41) is 10.1. The molecule has 1 N–H and O–H groups in total. The Balaban J connectivity index is 2.31. The van der Waals surface area contributed by atoms with Crippen LogP contribution in [0.4, 0.5) is 9.18 Å². The van der Waals surface area contributed by atoms with Crippen LogP contribution in [0, 0.1) is 5.82 Å². The molecule has 0 radical (unpaired) electrons. The number of nitrogens with one attached hydrogen (secondary N) is 1. The topological polar surface area (TPSA) is 73.3 Å². The van der Waals surface area contributed by atoms with Crippen LogP contribution in [0.15, 0.2) is 30.6 Å². The molecule has 0 aliphatic carbocycles. The van der Waals surface area contributed by atoms with E-state index in [4.69, 9.17) is 9.47 Å². The van der Waals surface area contributed by atoms with Gasteiger partial charge in [0.15, 0.2) is 11.6 Å². The summed E-state index contributed by atoms with van der Waals surface area (Å²) in [5.74, 6) is -0.440. The molecule has 0 fully saturated rings. The number of carbonyl (C=O) groups is 1. The highest BCUT2D eigenvalue weighted by molar-refractivity contribution is 5.71. The molecule has 1 amide bonds. The van der Waals surface area contributed by atoms with E-state index in [1.54, 1.807) is 32.9 Å². The van der Waals surface area contributed by atoms with Crippen LogP contribution in [0.3, 0.4) is 0 Å². The van der Waals surface area contributed by atoms with Gasteiger partial charge < -0.3 is 14.8 Å². The molecular formula is C17H20FN3O3. The third kappa shape index (κ3) is 4.41. The van der Waals surface area contributed by atoms with Gasteiger partial charge in [-0.1, -0.05) is 6.07 Å². The molecule has 1 heterocycles. The molecule has 0 atom stereocenters. The number of nitrogens with zero attached hydrogens (tertiary/aromatic N) is 2. The highest BCUT2D eigenvalue weighted by atomic mass is 19.1. The maximum absolute atomic E-state index is 14.7. The molecule has 2 aromatic rings. The summed E-state index contributed by atoms with van der Waals surface area (Å²) in [5.41, 5.74) is 0.939. The van der Waals surface area contributed by atoms with Crippen molar-refractivity contribution in [3.63, 3.8) is 0 Å². The summed E-state index contributed by atoms with van der Waals surface area (Å²) in [6.07, 6.45) is 2.42. The number of ether oxygens (including phenoxy) is 2. The molecule has 0 unspecified atom stereocenters. The van der Waals surface area contributed by atoms with E-state index < -0.39 is 17.5 Å². The van der Waals surface area contributed by atoms with Gasteiger partial charge in [0.2, 0.25) is 0 Å². The lowest BCUT2D eigenvalue weighted by Gasteiger charge is -2.20. The van der Waals surface area contributed by atoms with E-state index in [2.05, 4.69) is 15.5 Å². The number of hydrogen-bond acceptors (Lipinski definition) is 5. The van der Waals surface area contributed by atoms with E-state index in [1.165, 1.54) is 25.6 Å². The molecular weight excluding hydrogens is 313 g/mol. The maximum Gasteiger partial charge on any atom is 0.407 e. The van der Waals surface area contributed by atoms with E-state index in [0.29, 0.717) is 11.1 Å². The number of halogens is 1. The average molecular weight is 333 g/mol. The van der Waals surface area contributed by atoms with E-state index in [-0.39, 0.29) is 17.9 Å². The zero-order valence-corrected chi connectivity index (χ0v) is 14.1. The third-order valence-corrected chi connectivity index (χ3v) is 3.13. The van der Waals surface area contributed by atoms with Gasteiger partial charge in [0.25, 0.3) is 0 Å². The van der Waals surface area contributed by atoms with Crippen molar-refractivity contribution in [2.45, 2.75) is 32.9 Å². The first-order chi connectivity index (χ1) is 11.3. The predicted molar refractivity (Wildman–Crippen MR) is 87.1 cm³/mol. The van der Waals surface area contributed by atoms with Crippen LogP contribution >= 0.6 is 0 Å². The molecule has 128 valence electrons. The van der Waals surface area contributed by atoms with E-state index >= 15 is 0 Å². The molecule has 0 aliphatic rings. The Bertz CT molecular complexity index is 715. The molecule has 7 heteroatoms. The Morgan fingerprint density at radius 1 is 1.25 bits per heavy atom. The van der Waals surface area contributed by atoms with Gasteiger partial charge in [-0.2, -0.15) is 10.2 Å². The second-order valence-electron chi connectivity index (χ2n) is 6.09. The lowest BCUT2D eigenvalue weighted by Crippen LogP contribution is -2.32. The molecule has 0 saturated carbocycles. The standard InChI is InChI=1S/C17H20FN3O3/c1-17(2,3)24-16(22)19-10-13-12(11-7-8-20-21-9-11)5-6-14(23-4)15(13)18/h5-9H,10H2,1-4H3,(H,19,22). The summed E-state index contributed by atoms with van der Waals surface area (Å²) in [7, 11) is 1.39. The van der Waals surface area contributed by atoms with Crippen molar-refractivity contribution >= 4 is 6.09 Å². The molecule has 2 rings (SSSR count). The van der Waals surface area contributed by atoms with Crippen molar-refractivity contribution in [2.75, 3.05) is 7.11 Å². The number of aromatic nitrogens is 2. The summed E-state index contributed by atoms with van der Waals surface area (Å²) >= 11 is 0. The number of methoxy groups -OCH3 is 1. The highest BCUT2D eigenvalue weighted by Gasteiger charge is 2.19. The molecule has 0 bridgehead atoms. The SMILES string of the molecule is COc1ccc(-c2ccnnc2)c(CNC(=O)OC(C)(C)C)c1F. The average Bonchev–Trinajstić information content (AvgIpc) is 2.52. The number of hydrogen-bond donors (Lipinski definition) is 1. The minimum Gasteiger partial charge on any atom is -0.494 e. The number of benzene rings is 1. The Morgan fingerprint density at radius 3 is 2.58 bits per heavy atom. The summed E-state index contributed by atoms with van der Waals surface area (Å²) in [6, 6.07) is 4.96. The Labute approximate surface area is 140 Å². The lowest BCUT2D eigenvalue weighted by atomic mass is 10.0. The highest BCUT2D eigenvalue weighted by Crippen LogP contribution is 2.30. The maximum atomic E-state index is 14.7. The molecule has 0 spiro atoms. The smallest absolute Gasteiger partial charge is 0.407 e. The van der Waals surface area contributed by atoms with Gasteiger partial charge in [-0.05, 0) is 38.5 Å². The predicted octanol–water partition coefficient (Wildman–Crippen LogP) is 3.32. The van der Waals surface area contributed by atoms with Crippen molar-refractivity contribution in [3.8, 4) is 16.9 Å². The molecule has 1 aromatic heterocycles. The minimum atomic E-state index is -0.630. The van der Waals surface area contributed by atoms with Gasteiger partial charge in [0.05, 0.1) is 19.5 Å². The Hall–Kier alpha value is -2.70. The van der Waals surface area contributed by atoms with Crippen molar-refractivity contribution in [1.82, 2.24) is 15.5 Å². The number of amides is 1. The van der Waals surface area contributed by atoms with Crippen LogP contribution in [0.1, 0.15) is 26.3 Å². The van der Waals surface area contributed by atoms with Crippen molar-refractivity contribution in [1.29, 1.82) is 0 Å². The minimum absolute atomic E-state index is 0.0460. The Kier molecular flexibility index (Phi) is 5.33. The molecule has 0 aliphatic heterocycles. The van der Waals surface area contributed by atoms with Crippen LogP contribution in [0.2, 0.25) is 0 Å². The first-order valence-electron chi connectivity index (χ1n) is 7.41. The number of rotatable bonds is 4. The van der Waals surface area contributed by atoms with Gasteiger partial charge in [-0.3, -0.25) is 0 Å². The third-order valence-electron chi connectivity index (χ3n) is 3.13. The molecule has 0 saturated heterocycles. The van der Waals surface area contributed by atoms with Crippen LogP contribution in [-0.4, -0.2) is 29.0 Å². The van der Waals surface area contributed by atoms with Gasteiger partial charge in [-0.15, -0.1) is 0 Å². The first-order valence-corrected chi connectivity index (χ1v) is 7.41. The quantitative estimate of drug-likeness (QED) is 0.929. The zero-order chi connectivity index (χ0) is 17.7. The van der Waals surface area contributed by atoms with Gasteiger partial charge in [-0.25, -0.2) is 9.18 Å². The van der Waals surface area contributed by atoms with Crippen molar-refractivity contribution in [3.05, 3.63) is 42.0 Å². The molecule has 6 nitrogen and oxygen atoms in total. The summed E-state index contributed by atoms with van der Waals surface area (Å²) < 4.78 is 24.8. The monoisotopic (exact) mass is 333 g/mol. The molecule has 24 heavy (non-hydrogen) atoms. The fourth-order valence-corrected chi connectivity index (χ4v) is 2.13. The lowest BCUT2D eigenvalue weighted by molar-refractivity contribution is 0.0523. The van der Waals surface area contributed by atoms with Gasteiger partial charge in [0.1, 0.15) is 5.60 Å². The van der Waals surface area contributed by atoms with Crippen molar-refractivity contribution < 1.29 is 18.7 Å². The largest absolute Gasteiger partial charge is 0.494 e. The normalized spacial score (nSPS) is 11.0. The summed E-state index contributed by atoms with van der Waals surface area (Å²) in [6.45, 7) is 5.22. The fraction of sp³-hybridized carbons (Fsp3) is 0.353. The van der Waals surface area contributed by atoms with Crippen molar-refractivity contribution in [2.24, 2.45) is 0 Å². The first kappa shape index (κ1) is 17.7. The second-order valence-corrected chi connectivity index (χ2v) is 6.09. The van der Waals surface area contributed by atoms with Crippen LogP contribution in [0.5, 0.6) is 5.75 Å². The fourth-order valence-electron chi connectivity index (χ4n) is 2.13. The number of alkyl carbamates (subject to hydrolysis) is 1. The van der Waals surface area contributed by atoms with E-state index in [0.717, 1.165) is 0 Å². The van der Waals surface area contributed by atoms with E-state index in [1.807, 2.05) is 0 Å². The molecule has 1 aromatic carbocycles. The van der Waals surface area contributed by atoms with Gasteiger partial charge in [0, 0.05) is 17.7 Å². The van der Waals surface area contributed by atoms with E-state index in [9.17, 15) is 9.18 Å². The van der Waals surface area contributed by atoms with Crippen LogP contribution in [-0.2, 0) is 11.3 Å². The summed E-state index contributed by atoms with van der Waals surface area (Å²) in [4.78, 5) is 11.8. The Morgan fingerprint density at radius 2 is 2.00 bits per heavy atom. The van der Waals surface area contributed by atoms with Crippen LogP contribution in [0.25, 0.3) is 11.1 Å². The van der Waals surface area contributed by atoms with Crippen LogP contribution < -0.4 is 10.1 Å².